The van der Waals surface area contributed by atoms with E-state index in [1.165, 1.54) is 12.8 Å². The fourth-order valence-electron chi connectivity index (χ4n) is 1.74. The van der Waals surface area contributed by atoms with Crippen molar-refractivity contribution < 1.29 is 0 Å². The summed E-state index contributed by atoms with van der Waals surface area (Å²) in [5.41, 5.74) is 0.721. The molecule has 0 bridgehead atoms. The van der Waals surface area contributed by atoms with Gasteiger partial charge in [0.25, 0.3) is 0 Å². The second-order valence-corrected chi connectivity index (χ2v) is 5.39. The van der Waals surface area contributed by atoms with Gasteiger partial charge in [0.2, 0.25) is 5.95 Å². The lowest BCUT2D eigenvalue weighted by Crippen LogP contribution is -2.07. The first-order valence-electron chi connectivity index (χ1n) is 6.84. The molecule has 2 N–H and O–H groups in total. The van der Waals surface area contributed by atoms with Crippen molar-refractivity contribution >= 4 is 40.7 Å². The van der Waals surface area contributed by atoms with Gasteiger partial charge in [-0.05, 0) is 24.6 Å². The Labute approximate surface area is 134 Å². The van der Waals surface area contributed by atoms with Gasteiger partial charge >= 0.3 is 0 Å². The number of unbranched alkanes of at least 4 members (excludes halogenated alkanes) is 2. The number of nitrogens with one attached hydrogen (secondary N) is 2. The molecule has 2 aromatic rings. The molecule has 0 amide bonds. The van der Waals surface area contributed by atoms with Gasteiger partial charge in [-0.25, -0.2) is 0 Å². The van der Waals surface area contributed by atoms with Crippen LogP contribution in [-0.2, 0) is 0 Å². The van der Waals surface area contributed by atoms with Gasteiger partial charge in [0.15, 0.2) is 5.82 Å². The lowest BCUT2D eigenvalue weighted by atomic mass is 10.2. The highest BCUT2D eigenvalue weighted by Gasteiger charge is 2.04. The van der Waals surface area contributed by atoms with Gasteiger partial charge in [0, 0.05) is 11.6 Å². The van der Waals surface area contributed by atoms with E-state index < -0.39 is 0 Å². The number of hydrogen-bond acceptors (Lipinski definition) is 5. The molecule has 2 rings (SSSR count). The zero-order valence-corrected chi connectivity index (χ0v) is 13.2. The molecule has 0 aliphatic carbocycles. The summed E-state index contributed by atoms with van der Waals surface area (Å²) >= 11 is 12.0. The Bertz CT molecular complexity index is 591. The molecule has 112 valence electrons. The molecule has 5 nitrogen and oxygen atoms in total. The number of aromatic nitrogens is 3. The minimum atomic E-state index is 0.501. The van der Waals surface area contributed by atoms with Gasteiger partial charge in [-0.3, -0.25) is 0 Å². The second kappa shape index (κ2) is 8.00. The van der Waals surface area contributed by atoms with E-state index in [1.807, 2.05) is 0 Å². The van der Waals surface area contributed by atoms with Gasteiger partial charge < -0.3 is 10.6 Å². The van der Waals surface area contributed by atoms with Gasteiger partial charge in [-0.1, -0.05) is 43.0 Å². The third-order valence-corrected chi connectivity index (χ3v) is 3.36. The Hall–Kier alpha value is -1.59. The van der Waals surface area contributed by atoms with Gasteiger partial charge in [-0.2, -0.15) is 10.1 Å². The Morgan fingerprint density at radius 2 is 2.05 bits per heavy atom. The lowest BCUT2D eigenvalue weighted by molar-refractivity contribution is 0.738. The zero-order chi connectivity index (χ0) is 15.1. The minimum absolute atomic E-state index is 0.501. The van der Waals surface area contributed by atoms with Crippen molar-refractivity contribution in [3.8, 4) is 0 Å². The van der Waals surface area contributed by atoms with Crippen LogP contribution in [0.2, 0.25) is 10.0 Å². The quantitative estimate of drug-likeness (QED) is 0.732. The summed E-state index contributed by atoms with van der Waals surface area (Å²) in [5.74, 6) is 1.08. The number of rotatable bonds is 7. The fraction of sp³-hybridized carbons (Fsp3) is 0.357. The molecule has 0 aliphatic heterocycles. The highest BCUT2D eigenvalue weighted by atomic mass is 35.5. The van der Waals surface area contributed by atoms with Crippen LogP contribution in [0.3, 0.4) is 0 Å². The van der Waals surface area contributed by atoms with Crippen LogP contribution in [0, 0.1) is 0 Å². The molecule has 0 aliphatic rings. The number of anilines is 3. The van der Waals surface area contributed by atoms with E-state index in [0.29, 0.717) is 21.8 Å². The molecule has 0 radical (unpaired) electrons. The van der Waals surface area contributed by atoms with Crippen LogP contribution in [0.5, 0.6) is 0 Å². The average Bonchev–Trinajstić information content (AvgIpc) is 2.47. The Morgan fingerprint density at radius 3 is 2.81 bits per heavy atom. The van der Waals surface area contributed by atoms with E-state index in [9.17, 15) is 0 Å². The topological polar surface area (TPSA) is 62.7 Å². The molecule has 1 aromatic heterocycles. The first kappa shape index (κ1) is 15.8. The van der Waals surface area contributed by atoms with Crippen LogP contribution < -0.4 is 10.6 Å². The number of halogens is 2. The molecular formula is C14H17Cl2N5. The number of benzene rings is 1. The van der Waals surface area contributed by atoms with Crippen LogP contribution >= 0.6 is 23.2 Å². The van der Waals surface area contributed by atoms with Crippen molar-refractivity contribution in [2.75, 3.05) is 17.2 Å². The third kappa shape index (κ3) is 5.02. The van der Waals surface area contributed by atoms with Gasteiger partial charge in [0.05, 0.1) is 16.9 Å². The summed E-state index contributed by atoms with van der Waals surface area (Å²) in [6, 6.07) is 5.22. The van der Waals surface area contributed by atoms with E-state index in [0.717, 1.165) is 18.7 Å². The highest BCUT2D eigenvalue weighted by Crippen LogP contribution is 2.27. The van der Waals surface area contributed by atoms with Crippen molar-refractivity contribution in [3.63, 3.8) is 0 Å². The molecule has 0 saturated carbocycles. The number of nitrogens with zero attached hydrogens (tertiary/aromatic N) is 3. The molecule has 1 aromatic carbocycles. The maximum atomic E-state index is 6.11. The minimum Gasteiger partial charge on any atom is -0.353 e. The first-order chi connectivity index (χ1) is 10.2. The van der Waals surface area contributed by atoms with Gasteiger partial charge in [-0.15, -0.1) is 5.10 Å². The van der Waals surface area contributed by atoms with E-state index in [4.69, 9.17) is 23.2 Å². The summed E-state index contributed by atoms with van der Waals surface area (Å²) in [5, 5.41) is 15.2. The molecule has 1 heterocycles. The summed E-state index contributed by atoms with van der Waals surface area (Å²) in [6.45, 7) is 3.00. The van der Waals surface area contributed by atoms with Crippen molar-refractivity contribution in [2.24, 2.45) is 0 Å². The summed E-state index contributed by atoms with van der Waals surface area (Å²) in [7, 11) is 0. The van der Waals surface area contributed by atoms with Gasteiger partial charge in [0.1, 0.15) is 0 Å². The Morgan fingerprint density at radius 1 is 1.19 bits per heavy atom. The van der Waals surface area contributed by atoms with Crippen LogP contribution in [0.4, 0.5) is 17.5 Å². The van der Waals surface area contributed by atoms with E-state index in [-0.39, 0.29) is 0 Å². The molecule has 0 saturated heterocycles. The van der Waals surface area contributed by atoms with Crippen LogP contribution in [0.1, 0.15) is 26.2 Å². The van der Waals surface area contributed by atoms with E-state index in [2.05, 4.69) is 32.7 Å². The smallest absolute Gasteiger partial charge is 0.244 e. The molecular weight excluding hydrogens is 309 g/mol. The highest BCUT2D eigenvalue weighted by molar-refractivity contribution is 6.36. The summed E-state index contributed by atoms with van der Waals surface area (Å²) < 4.78 is 0. The van der Waals surface area contributed by atoms with Crippen molar-refractivity contribution in [1.29, 1.82) is 0 Å². The largest absolute Gasteiger partial charge is 0.353 e. The average molecular weight is 326 g/mol. The third-order valence-electron chi connectivity index (χ3n) is 2.82. The predicted molar refractivity (Wildman–Crippen MR) is 87.6 cm³/mol. The number of hydrogen-bond donors (Lipinski definition) is 2. The first-order valence-corrected chi connectivity index (χ1v) is 7.60. The maximum absolute atomic E-state index is 6.11. The van der Waals surface area contributed by atoms with Crippen LogP contribution in [-0.4, -0.2) is 21.7 Å². The van der Waals surface area contributed by atoms with Crippen molar-refractivity contribution in [1.82, 2.24) is 15.2 Å². The lowest BCUT2D eigenvalue weighted by Gasteiger charge is -2.09. The molecule has 0 spiro atoms. The van der Waals surface area contributed by atoms with Crippen molar-refractivity contribution in [3.05, 3.63) is 34.4 Å². The molecule has 21 heavy (non-hydrogen) atoms. The van der Waals surface area contributed by atoms with Crippen LogP contribution in [0.25, 0.3) is 0 Å². The van der Waals surface area contributed by atoms with E-state index >= 15 is 0 Å². The normalized spacial score (nSPS) is 10.4. The molecule has 7 heteroatoms. The summed E-state index contributed by atoms with van der Waals surface area (Å²) in [4.78, 5) is 4.34. The van der Waals surface area contributed by atoms with Crippen molar-refractivity contribution in [2.45, 2.75) is 26.2 Å². The SMILES string of the molecule is CCCCCNc1nncc(Nc2ccc(Cl)cc2Cl)n1. The molecule has 0 atom stereocenters. The Kier molecular flexibility index (Phi) is 6.02. The standard InChI is InChI=1S/C14H17Cl2N5/c1-2-3-4-7-17-14-20-13(9-18-21-14)19-12-6-5-10(15)8-11(12)16/h5-6,8-9H,2-4,7H2,1H3,(H2,17,19,20,21). The Balaban J connectivity index is 2.00. The second-order valence-electron chi connectivity index (χ2n) is 4.55. The molecule has 0 unspecified atom stereocenters. The fourth-order valence-corrected chi connectivity index (χ4v) is 2.20. The van der Waals surface area contributed by atoms with E-state index in [1.54, 1.807) is 24.4 Å². The summed E-state index contributed by atoms with van der Waals surface area (Å²) in [6.07, 6.45) is 4.99. The maximum Gasteiger partial charge on any atom is 0.244 e. The molecule has 0 fully saturated rings. The zero-order valence-electron chi connectivity index (χ0n) is 11.7. The predicted octanol–water partition coefficient (Wildman–Crippen LogP) is 4.52. The van der Waals surface area contributed by atoms with Crippen LogP contribution in [0.15, 0.2) is 24.4 Å². The monoisotopic (exact) mass is 325 g/mol.